The summed E-state index contributed by atoms with van der Waals surface area (Å²) in [5.41, 5.74) is 0.977. The minimum Gasteiger partial charge on any atom is -0.199 e. The normalized spacial score (nSPS) is 12.5. The molecule has 0 fully saturated rings. The Morgan fingerprint density at radius 3 is 2.27 bits per heavy atom. The van der Waals surface area contributed by atoms with E-state index in [0.717, 1.165) is 11.8 Å². The molecular formula is C9H9Cl2NO2S. The largest absolute Gasteiger partial charge is 0.282 e. The van der Waals surface area contributed by atoms with Gasteiger partial charge in [0.2, 0.25) is 0 Å². The Hall–Kier alpha value is -0.580. The average Bonchev–Trinajstić information content (AvgIpc) is 2.16. The summed E-state index contributed by atoms with van der Waals surface area (Å²) in [5, 5.41) is 0. The van der Waals surface area contributed by atoms with Crippen LogP contribution in [-0.2, 0) is 10.0 Å². The second-order valence-electron chi connectivity index (χ2n) is 2.88. The zero-order chi connectivity index (χ0) is 11.5. The Kier molecular flexibility index (Phi) is 4.13. The molecular weight excluding hydrogens is 257 g/mol. The van der Waals surface area contributed by atoms with Crippen molar-refractivity contribution in [3.05, 3.63) is 29.8 Å². The van der Waals surface area contributed by atoms with Crippen LogP contribution in [0.1, 0.15) is 5.56 Å². The van der Waals surface area contributed by atoms with E-state index in [2.05, 4.69) is 4.40 Å². The van der Waals surface area contributed by atoms with E-state index in [-0.39, 0.29) is 4.90 Å². The van der Waals surface area contributed by atoms with Gasteiger partial charge in [0.05, 0.1) is 11.1 Å². The number of aryl methyl sites for hydroxylation is 1. The lowest BCUT2D eigenvalue weighted by molar-refractivity contribution is 0.598. The Bertz CT molecular complexity index is 452. The van der Waals surface area contributed by atoms with Crippen molar-refractivity contribution in [1.82, 2.24) is 0 Å². The molecule has 0 atom stereocenters. The summed E-state index contributed by atoms with van der Waals surface area (Å²) >= 11 is 10.7. The summed E-state index contributed by atoms with van der Waals surface area (Å²) in [4.78, 5) is -0.802. The molecule has 1 aromatic carbocycles. The molecule has 0 aliphatic carbocycles. The van der Waals surface area contributed by atoms with Crippen molar-refractivity contribution in [3.63, 3.8) is 0 Å². The molecule has 0 saturated carbocycles. The molecule has 0 aliphatic rings. The molecule has 0 aliphatic heterocycles. The third kappa shape index (κ3) is 3.81. The topological polar surface area (TPSA) is 46.5 Å². The van der Waals surface area contributed by atoms with Crippen LogP contribution in [0.15, 0.2) is 33.6 Å². The van der Waals surface area contributed by atoms with E-state index in [1.54, 1.807) is 12.1 Å². The fourth-order valence-electron chi connectivity index (χ4n) is 0.897. The van der Waals surface area contributed by atoms with Crippen LogP contribution < -0.4 is 0 Å². The number of rotatable bonds is 3. The number of sulfonamides is 1. The summed E-state index contributed by atoms with van der Waals surface area (Å²) in [7, 11) is -3.67. The molecule has 1 rings (SSSR count). The van der Waals surface area contributed by atoms with Crippen LogP contribution in [0.5, 0.6) is 0 Å². The molecule has 0 N–H and O–H groups in total. The molecule has 0 bridgehead atoms. The number of hydrogen-bond donors (Lipinski definition) is 0. The van der Waals surface area contributed by atoms with Crippen molar-refractivity contribution in [2.45, 2.75) is 16.7 Å². The zero-order valence-electron chi connectivity index (χ0n) is 7.89. The Morgan fingerprint density at radius 2 is 1.80 bits per heavy atom. The van der Waals surface area contributed by atoms with Crippen LogP contribution in [-0.4, -0.2) is 19.5 Å². The van der Waals surface area contributed by atoms with E-state index in [0.29, 0.717) is 0 Å². The molecule has 6 heteroatoms. The molecule has 0 aromatic heterocycles. The predicted molar refractivity (Wildman–Crippen MR) is 62.4 cm³/mol. The molecule has 0 heterocycles. The summed E-state index contributed by atoms with van der Waals surface area (Å²) < 4.78 is 26.4. The lowest BCUT2D eigenvalue weighted by Crippen LogP contribution is -1.99. The maximum atomic E-state index is 11.5. The minimum atomic E-state index is -3.67. The Balaban J connectivity index is 3.02. The maximum absolute atomic E-state index is 11.5. The van der Waals surface area contributed by atoms with Crippen molar-refractivity contribution < 1.29 is 8.42 Å². The number of hydrogen-bond acceptors (Lipinski definition) is 2. The third-order valence-electron chi connectivity index (χ3n) is 1.63. The predicted octanol–water partition coefficient (Wildman–Crippen LogP) is 2.56. The molecule has 15 heavy (non-hydrogen) atoms. The fourth-order valence-corrected chi connectivity index (χ4v) is 2.03. The summed E-state index contributed by atoms with van der Waals surface area (Å²) in [6, 6.07) is 6.36. The van der Waals surface area contributed by atoms with E-state index in [1.165, 1.54) is 12.1 Å². The van der Waals surface area contributed by atoms with Crippen molar-refractivity contribution in [2.75, 3.05) is 0 Å². The first-order valence-corrected chi connectivity index (χ1v) is 6.38. The highest BCUT2D eigenvalue weighted by atomic mass is 35.5. The molecule has 0 radical (unpaired) electrons. The van der Waals surface area contributed by atoms with Gasteiger partial charge in [-0.25, -0.2) is 0 Å². The maximum Gasteiger partial charge on any atom is 0.282 e. The van der Waals surface area contributed by atoms with Gasteiger partial charge < -0.3 is 0 Å². The van der Waals surface area contributed by atoms with E-state index in [4.69, 9.17) is 23.2 Å². The van der Waals surface area contributed by atoms with Crippen molar-refractivity contribution in [3.8, 4) is 0 Å². The highest BCUT2D eigenvalue weighted by molar-refractivity contribution is 7.90. The third-order valence-corrected chi connectivity index (χ3v) is 3.12. The van der Waals surface area contributed by atoms with E-state index < -0.39 is 14.9 Å². The average molecular weight is 266 g/mol. The first-order valence-electron chi connectivity index (χ1n) is 4.07. The second-order valence-corrected chi connectivity index (χ2v) is 5.67. The molecule has 0 unspecified atom stereocenters. The van der Waals surface area contributed by atoms with Gasteiger partial charge in [-0.1, -0.05) is 40.9 Å². The van der Waals surface area contributed by atoms with Crippen LogP contribution in [0.25, 0.3) is 0 Å². The SMILES string of the molecule is Cc1ccc(S(=O)(=O)N=CC(Cl)Cl)cc1. The van der Waals surface area contributed by atoms with Crippen LogP contribution in [0.3, 0.4) is 0 Å². The van der Waals surface area contributed by atoms with Crippen LogP contribution in [0.4, 0.5) is 0 Å². The van der Waals surface area contributed by atoms with E-state index in [1.807, 2.05) is 6.92 Å². The minimum absolute atomic E-state index is 0.123. The first kappa shape index (κ1) is 12.5. The van der Waals surface area contributed by atoms with E-state index >= 15 is 0 Å². The van der Waals surface area contributed by atoms with Gasteiger partial charge in [-0.15, -0.1) is 0 Å². The number of alkyl halides is 2. The Labute approximate surface area is 98.8 Å². The lowest BCUT2D eigenvalue weighted by atomic mass is 10.2. The van der Waals surface area contributed by atoms with Gasteiger partial charge in [0.25, 0.3) is 10.0 Å². The monoisotopic (exact) mass is 265 g/mol. The number of halogens is 2. The Morgan fingerprint density at radius 1 is 1.27 bits per heavy atom. The van der Waals surface area contributed by atoms with Gasteiger partial charge in [0.15, 0.2) is 0 Å². The molecule has 82 valence electrons. The van der Waals surface area contributed by atoms with Crippen molar-refractivity contribution in [2.24, 2.45) is 4.40 Å². The highest BCUT2D eigenvalue weighted by Gasteiger charge is 2.11. The van der Waals surface area contributed by atoms with E-state index in [9.17, 15) is 8.42 Å². The summed E-state index contributed by atoms with van der Waals surface area (Å²) in [6.07, 6.45) is 0.971. The molecule has 0 saturated heterocycles. The quantitative estimate of drug-likeness (QED) is 0.623. The molecule has 3 nitrogen and oxygen atoms in total. The van der Waals surface area contributed by atoms with Crippen LogP contribution >= 0.6 is 23.2 Å². The van der Waals surface area contributed by atoms with Gasteiger partial charge in [0.1, 0.15) is 4.84 Å². The van der Waals surface area contributed by atoms with Crippen molar-refractivity contribution >= 4 is 39.4 Å². The van der Waals surface area contributed by atoms with Gasteiger partial charge in [-0.3, -0.25) is 0 Å². The summed E-state index contributed by atoms with van der Waals surface area (Å²) in [6.45, 7) is 1.87. The van der Waals surface area contributed by atoms with Crippen LogP contribution in [0.2, 0.25) is 0 Å². The fraction of sp³-hybridized carbons (Fsp3) is 0.222. The smallest absolute Gasteiger partial charge is 0.199 e. The van der Waals surface area contributed by atoms with Crippen LogP contribution in [0, 0.1) is 6.92 Å². The van der Waals surface area contributed by atoms with Gasteiger partial charge >= 0.3 is 0 Å². The highest BCUT2D eigenvalue weighted by Crippen LogP contribution is 2.13. The van der Waals surface area contributed by atoms with Gasteiger partial charge in [-0.05, 0) is 19.1 Å². The van der Waals surface area contributed by atoms with Gasteiger partial charge in [0, 0.05) is 0 Å². The number of benzene rings is 1. The standard InChI is InChI=1S/C9H9Cl2NO2S/c1-7-2-4-8(5-3-7)15(13,14)12-6-9(10)11/h2-6,9H,1H3. The lowest BCUT2D eigenvalue weighted by Gasteiger charge is -1.98. The molecule has 0 spiro atoms. The van der Waals surface area contributed by atoms with Gasteiger partial charge in [-0.2, -0.15) is 12.8 Å². The summed E-state index contributed by atoms with van der Waals surface area (Å²) in [5.74, 6) is 0. The second kappa shape index (κ2) is 4.96. The zero-order valence-corrected chi connectivity index (χ0v) is 10.2. The number of nitrogens with zero attached hydrogens (tertiary/aromatic N) is 1. The first-order chi connectivity index (χ1) is 6.92. The molecule has 1 aromatic rings. The molecule has 0 amide bonds. The van der Waals surface area contributed by atoms with Crippen molar-refractivity contribution in [1.29, 1.82) is 0 Å².